The Balaban J connectivity index is 4.37. The molecule has 0 saturated heterocycles. The Morgan fingerprint density at radius 2 is 1.80 bits per heavy atom. The third-order valence-electron chi connectivity index (χ3n) is 3.36. The first-order valence-electron chi connectivity index (χ1n) is 8.51. The summed E-state index contributed by atoms with van der Waals surface area (Å²) in [5.74, 6) is -1.14. The summed E-state index contributed by atoms with van der Waals surface area (Å²) in [5.41, 5.74) is 0.597. The van der Waals surface area contributed by atoms with Gasteiger partial charge >= 0.3 is 11.9 Å². The van der Waals surface area contributed by atoms with E-state index >= 15 is 0 Å². The number of hydrogen-bond acceptors (Lipinski definition) is 6. The number of rotatable bonds is 14. The molecular formula is C17H29NO5S2. The molecule has 0 bridgehead atoms. The SMILES string of the molecule is CCCCCCCSS/C(CCOC(=O)CC(=O)O)=C(/C)C(=O)NC. The molecule has 6 nitrogen and oxygen atoms in total. The maximum atomic E-state index is 11.8. The molecule has 0 radical (unpaired) electrons. The second-order valence-corrected chi connectivity index (χ2v) is 8.00. The van der Waals surface area contributed by atoms with E-state index in [-0.39, 0.29) is 12.5 Å². The first kappa shape index (κ1) is 23.9. The number of aliphatic carboxylic acids is 1. The Hall–Kier alpha value is -1.15. The van der Waals surface area contributed by atoms with Gasteiger partial charge in [0, 0.05) is 29.7 Å². The number of carbonyl (C=O) groups excluding carboxylic acids is 2. The predicted molar refractivity (Wildman–Crippen MR) is 103 cm³/mol. The highest BCUT2D eigenvalue weighted by Crippen LogP contribution is 2.35. The van der Waals surface area contributed by atoms with Crippen LogP contribution in [0, 0.1) is 0 Å². The molecule has 0 aliphatic heterocycles. The lowest BCUT2D eigenvalue weighted by atomic mass is 10.2. The molecule has 25 heavy (non-hydrogen) atoms. The van der Waals surface area contributed by atoms with E-state index in [2.05, 4.69) is 12.2 Å². The van der Waals surface area contributed by atoms with Crippen LogP contribution in [0.5, 0.6) is 0 Å². The normalized spacial score (nSPS) is 11.6. The molecule has 0 atom stereocenters. The van der Waals surface area contributed by atoms with Crippen LogP contribution in [0.2, 0.25) is 0 Å². The Morgan fingerprint density at radius 3 is 2.40 bits per heavy atom. The van der Waals surface area contributed by atoms with Crippen molar-refractivity contribution in [2.45, 2.75) is 58.8 Å². The number of ether oxygens (including phenoxy) is 1. The third kappa shape index (κ3) is 12.8. The van der Waals surface area contributed by atoms with Crippen molar-refractivity contribution in [1.29, 1.82) is 0 Å². The molecule has 0 aromatic carbocycles. The van der Waals surface area contributed by atoms with E-state index in [0.29, 0.717) is 12.0 Å². The van der Waals surface area contributed by atoms with Crippen molar-refractivity contribution in [1.82, 2.24) is 5.32 Å². The van der Waals surface area contributed by atoms with Gasteiger partial charge in [0.2, 0.25) is 5.91 Å². The molecule has 1 amide bonds. The number of unbranched alkanes of at least 4 members (excludes halogenated alkanes) is 4. The Bertz CT molecular complexity index is 466. The lowest BCUT2D eigenvalue weighted by Crippen LogP contribution is -2.20. The topological polar surface area (TPSA) is 92.7 Å². The summed E-state index contributed by atoms with van der Waals surface area (Å²) in [6.45, 7) is 3.99. The van der Waals surface area contributed by atoms with Gasteiger partial charge in [-0.25, -0.2) is 0 Å². The van der Waals surface area contributed by atoms with Gasteiger partial charge in [-0.15, -0.1) is 0 Å². The third-order valence-corrected chi connectivity index (χ3v) is 6.11. The van der Waals surface area contributed by atoms with E-state index in [1.807, 2.05) is 0 Å². The molecule has 0 heterocycles. The minimum absolute atomic E-state index is 0.0693. The summed E-state index contributed by atoms with van der Waals surface area (Å²) >= 11 is 0. The largest absolute Gasteiger partial charge is 0.481 e. The van der Waals surface area contributed by atoms with Gasteiger partial charge in [0.05, 0.1) is 6.61 Å². The molecule has 144 valence electrons. The number of carboxylic acid groups (broad SMARTS) is 1. The summed E-state index contributed by atoms with van der Waals surface area (Å²) in [6, 6.07) is 0. The van der Waals surface area contributed by atoms with Crippen LogP contribution in [-0.4, -0.2) is 42.4 Å². The maximum Gasteiger partial charge on any atom is 0.317 e. The molecule has 8 heteroatoms. The first-order valence-corrected chi connectivity index (χ1v) is 10.8. The van der Waals surface area contributed by atoms with Crippen LogP contribution in [0.25, 0.3) is 0 Å². The zero-order valence-corrected chi connectivity index (χ0v) is 16.9. The highest BCUT2D eigenvalue weighted by Gasteiger charge is 2.13. The maximum absolute atomic E-state index is 11.8. The van der Waals surface area contributed by atoms with Gasteiger partial charge in [0.1, 0.15) is 6.42 Å². The van der Waals surface area contributed by atoms with Gasteiger partial charge in [-0.1, -0.05) is 54.2 Å². The molecule has 2 N–H and O–H groups in total. The van der Waals surface area contributed by atoms with Crippen molar-refractivity contribution in [2.24, 2.45) is 0 Å². The van der Waals surface area contributed by atoms with Gasteiger partial charge in [-0.05, 0) is 13.3 Å². The molecule has 0 aliphatic carbocycles. The number of carboxylic acids is 1. The standard InChI is InChI=1S/C17H29NO5S2/c1-4-5-6-7-8-11-24-25-14(13(2)17(22)18-3)9-10-23-16(21)12-15(19)20/h4-12H2,1-3H3,(H,18,22)(H,19,20)/b14-13-. The molecule has 0 spiro atoms. The minimum atomic E-state index is -1.21. The fraction of sp³-hybridized carbons (Fsp3) is 0.706. The molecule has 0 aromatic heterocycles. The van der Waals surface area contributed by atoms with E-state index < -0.39 is 18.4 Å². The van der Waals surface area contributed by atoms with E-state index in [1.165, 1.54) is 36.5 Å². The van der Waals surface area contributed by atoms with Gasteiger partial charge in [-0.2, -0.15) is 0 Å². The Morgan fingerprint density at radius 1 is 1.12 bits per heavy atom. The molecule has 0 rings (SSSR count). The summed E-state index contributed by atoms with van der Waals surface area (Å²) < 4.78 is 4.91. The summed E-state index contributed by atoms with van der Waals surface area (Å²) in [5, 5.41) is 11.1. The van der Waals surface area contributed by atoms with E-state index in [1.54, 1.807) is 24.8 Å². The number of amides is 1. The zero-order valence-electron chi connectivity index (χ0n) is 15.3. The van der Waals surface area contributed by atoms with E-state index in [9.17, 15) is 14.4 Å². The van der Waals surface area contributed by atoms with Gasteiger partial charge in [-0.3, -0.25) is 14.4 Å². The highest BCUT2D eigenvalue weighted by molar-refractivity contribution is 8.78. The molecule has 0 saturated carbocycles. The van der Waals surface area contributed by atoms with Crippen molar-refractivity contribution >= 4 is 39.4 Å². The number of nitrogens with one attached hydrogen (secondary N) is 1. The van der Waals surface area contributed by atoms with E-state index in [4.69, 9.17) is 9.84 Å². The second kappa shape index (κ2) is 15.1. The van der Waals surface area contributed by atoms with Crippen molar-refractivity contribution in [2.75, 3.05) is 19.4 Å². The van der Waals surface area contributed by atoms with Gasteiger partial charge in [0.25, 0.3) is 0 Å². The summed E-state index contributed by atoms with van der Waals surface area (Å²) in [7, 11) is 4.79. The minimum Gasteiger partial charge on any atom is -0.481 e. The van der Waals surface area contributed by atoms with Crippen molar-refractivity contribution in [3.05, 3.63) is 10.5 Å². The number of esters is 1. The molecule has 0 fully saturated rings. The molecule has 0 unspecified atom stereocenters. The second-order valence-electron chi connectivity index (χ2n) is 5.49. The fourth-order valence-electron chi connectivity index (χ4n) is 1.92. The predicted octanol–water partition coefficient (Wildman–Crippen LogP) is 3.77. The Labute approximate surface area is 157 Å². The summed E-state index contributed by atoms with van der Waals surface area (Å²) in [4.78, 5) is 34.4. The fourth-order valence-corrected chi connectivity index (χ4v) is 4.50. The number of likely N-dealkylation sites (N-methyl/N-ethyl adjacent to an activating group) is 1. The smallest absolute Gasteiger partial charge is 0.317 e. The van der Waals surface area contributed by atoms with Crippen LogP contribution in [0.4, 0.5) is 0 Å². The van der Waals surface area contributed by atoms with Crippen LogP contribution in [0.3, 0.4) is 0 Å². The average molecular weight is 392 g/mol. The van der Waals surface area contributed by atoms with Crippen molar-refractivity contribution < 1.29 is 24.2 Å². The molecule has 0 aromatic rings. The van der Waals surface area contributed by atoms with Crippen LogP contribution in [0.15, 0.2) is 10.5 Å². The number of carbonyl (C=O) groups is 3. The monoisotopic (exact) mass is 391 g/mol. The van der Waals surface area contributed by atoms with Crippen LogP contribution in [-0.2, 0) is 19.1 Å². The summed E-state index contributed by atoms with van der Waals surface area (Å²) in [6.07, 6.45) is 5.84. The molecular weight excluding hydrogens is 362 g/mol. The highest BCUT2D eigenvalue weighted by atomic mass is 33.1. The molecule has 0 aliphatic rings. The van der Waals surface area contributed by atoms with Gasteiger partial charge < -0.3 is 15.2 Å². The van der Waals surface area contributed by atoms with Crippen LogP contribution >= 0.6 is 21.6 Å². The Kier molecular flexibility index (Phi) is 14.4. The van der Waals surface area contributed by atoms with Gasteiger partial charge in [0.15, 0.2) is 0 Å². The first-order chi connectivity index (χ1) is 11.9. The van der Waals surface area contributed by atoms with Crippen molar-refractivity contribution in [3.8, 4) is 0 Å². The quantitative estimate of drug-likeness (QED) is 0.153. The van der Waals surface area contributed by atoms with Crippen LogP contribution in [0.1, 0.15) is 58.8 Å². The lowest BCUT2D eigenvalue weighted by molar-refractivity contribution is -0.151. The van der Waals surface area contributed by atoms with Crippen LogP contribution < -0.4 is 5.32 Å². The van der Waals surface area contributed by atoms with E-state index in [0.717, 1.165) is 17.1 Å². The number of hydrogen-bond donors (Lipinski definition) is 2. The van der Waals surface area contributed by atoms with Crippen molar-refractivity contribution in [3.63, 3.8) is 0 Å². The lowest BCUT2D eigenvalue weighted by Gasteiger charge is -2.11. The zero-order chi connectivity index (χ0) is 19.1. The average Bonchev–Trinajstić information content (AvgIpc) is 2.57.